The number of hydrogen-bond acceptors (Lipinski definition) is 4. The van der Waals surface area contributed by atoms with Gasteiger partial charge in [-0.15, -0.1) is 0 Å². The van der Waals surface area contributed by atoms with Crippen LogP contribution in [-0.4, -0.2) is 67.6 Å². The fourth-order valence-electron chi connectivity index (χ4n) is 3.73. The van der Waals surface area contributed by atoms with Crippen LogP contribution in [-0.2, 0) is 9.53 Å². The molecular weight excluding hydrogens is 332 g/mol. The molecule has 1 unspecified atom stereocenters. The summed E-state index contributed by atoms with van der Waals surface area (Å²) >= 11 is 0. The highest BCUT2D eigenvalue weighted by molar-refractivity contribution is 5.96. The molecule has 2 fully saturated rings. The topological polar surface area (TPSA) is 59.1 Å². The molecule has 1 aromatic carbocycles. The zero-order chi connectivity index (χ0) is 18.7. The van der Waals surface area contributed by atoms with Gasteiger partial charge < -0.3 is 19.3 Å². The maximum absolute atomic E-state index is 13.0. The van der Waals surface area contributed by atoms with Gasteiger partial charge in [0.15, 0.2) is 0 Å². The van der Waals surface area contributed by atoms with Gasteiger partial charge in [0.05, 0.1) is 7.11 Å². The van der Waals surface area contributed by atoms with Crippen molar-refractivity contribution in [2.24, 2.45) is 0 Å². The van der Waals surface area contributed by atoms with Crippen LogP contribution >= 0.6 is 0 Å². The highest BCUT2D eigenvalue weighted by Crippen LogP contribution is 2.24. The first kappa shape index (κ1) is 18.7. The molecule has 0 N–H and O–H groups in total. The highest BCUT2D eigenvalue weighted by atomic mass is 16.5. The van der Waals surface area contributed by atoms with Gasteiger partial charge in [0.25, 0.3) is 11.8 Å². The van der Waals surface area contributed by atoms with Crippen LogP contribution in [0, 0.1) is 13.8 Å². The number of ether oxygens (including phenoxy) is 2. The van der Waals surface area contributed by atoms with Gasteiger partial charge in [0.1, 0.15) is 11.9 Å². The third-order valence-corrected chi connectivity index (χ3v) is 5.27. The summed E-state index contributed by atoms with van der Waals surface area (Å²) in [6.07, 6.45) is 2.26. The number of carbonyl (C=O) groups is 2. The number of rotatable bonds is 3. The van der Waals surface area contributed by atoms with Crippen LogP contribution < -0.4 is 4.74 Å². The van der Waals surface area contributed by atoms with E-state index in [9.17, 15) is 9.59 Å². The molecule has 1 aromatic rings. The minimum absolute atomic E-state index is 0.0275. The molecule has 142 valence electrons. The third-order valence-electron chi connectivity index (χ3n) is 5.27. The Morgan fingerprint density at radius 1 is 1.04 bits per heavy atom. The van der Waals surface area contributed by atoms with Crippen molar-refractivity contribution in [3.05, 3.63) is 28.8 Å². The third kappa shape index (κ3) is 3.85. The summed E-state index contributed by atoms with van der Waals surface area (Å²) in [5.41, 5.74) is 2.57. The van der Waals surface area contributed by atoms with Crippen molar-refractivity contribution >= 4 is 11.8 Å². The summed E-state index contributed by atoms with van der Waals surface area (Å²) in [7, 11) is 1.64. The summed E-state index contributed by atoms with van der Waals surface area (Å²) in [5.74, 6) is 0.899. The standard InChI is InChI=1S/C20H28N2O4/c1-14-13-18(25-3)15(2)12-16(14)19(23)21-7-5-8-22(10-9-21)20(24)17-6-4-11-26-17/h12-13,17H,4-11H2,1-3H3. The second kappa shape index (κ2) is 8.08. The molecule has 0 aromatic heterocycles. The van der Waals surface area contributed by atoms with Gasteiger partial charge >= 0.3 is 0 Å². The Hall–Kier alpha value is -2.08. The second-order valence-corrected chi connectivity index (χ2v) is 7.11. The molecule has 2 heterocycles. The lowest BCUT2D eigenvalue weighted by atomic mass is 10.0. The summed E-state index contributed by atoms with van der Waals surface area (Å²) < 4.78 is 10.9. The van der Waals surface area contributed by atoms with Gasteiger partial charge in [0.2, 0.25) is 0 Å². The van der Waals surface area contributed by atoms with Gasteiger partial charge in [-0.25, -0.2) is 0 Å². The first-order valence-electron chi connectivity index (χ1n) is 9.36. The van der Waals surface area contributed by atoms with Crippen LogP contribution in [0.3, 0.4) is 0 Å². The monoisotopic (exact) mass is 360 g/mol. The number of methoxy groups -OCH3 is 1. The average molecular weight is 360 g/mol. The molecule has 1 atom stereocenters. The van der Waals surface area contributed by atoms with Crippen LogP contribution in [0.2, 0.25) is 0 Å². The van der Waals surface area contributed by atoms with Crippen molar-refractivity contribution in [2.75, 3.05) is 39.9 Å². The fourth-order valence-corrected chi connectivity index (χ4v) is 3.73. The van der Waals surface area contributed by atoms with E-state index in [1.54, 1.807) is 7.11 Å². The van der Waals surface area contributed by atoms with Crippen molar-refractivity contribution in [1.82, 2.24) is 9.80 Å². The van der Waals surface area contributed by atoms with E-state index < -0.39 is 0 Å². The zero-order valence-corrected chi connectivity index (χ0v) is 15.9. The van der Waals surface area contributed by atoms with Crippen molar-refractivity contribution in [3.8, 4) is 5.75 Å². The Bertz CT molecular complexity index is 683. The minimum Gasteiger partial charge on any atom is -0.496 e. The van der Waals surface area contributed by atoms with Crippen molar-refractivity contribution in [3.63, 3.8) is 0 Å². The first-order chi connectivity index (χ1) is 12.5. The van der Waals surface area contributed by atoms with E-state index in [4.69, 9.17) is 9.47 Å². The minimum atomic E-state index is -0.288. The molecule has 3 rings (SSSR count). The number of carbonyl (C=O) groups excluding carboxylic acids is 2. The zero-order valence-electron chi connectivity index (χ0n) is 15.9. The lowest BCUT2D eigenvalue weighted by Crippen LogP contribution is -2.41. The number of nitrogens with zero attached hydrogens (tertiary/aromatic N) is 2. The number of hydrogen-bond donors (Lipinski definition) is 0. The molecule has 0 spiro atoms. The summed E-state index contributed by atoms with van der Waals surface area (Å²) in [4.78, 5) is 29.3. The molecule has 2 aliphatic heterocycles. The van der Waals surface area contributed by atoms with E-state index in [1.165, 1.54) is 0 Å². The molecule has 2 amide bonds. The molecular formula is C20H28N2O4. The normalized spacial score (nSPS) is 20.8. The maximum atomic E-state index is 13.0. The quantitative estimate of drug-likeness (QED) is 0.829. The maximum Gasteiger partial charge on any atom is 0.254 e. The summed E-state index contributed by atoms with van der Waals surface area (Å²) in [6.45, 7) is 7.02. The summed E-state index contributed by atoms with van der Waals surface area (Å²) in [6, 6.07) is 3.81. The van der Waals surface area contributed by atoms with Gasteiger partial charge in [0, 0.05) is 38.3 Å². The highest BCUT2D eigenvalue weighted by Gasteiger charge is 2.30. The van der Waals surface area contributed by atoms with Crippen LogP contribution in [0.5, 0.6) is 5.75 Å². The van der Waals surface area contributed by atoms with Crippen LogP contribution in [0.4, 0.5) is 0 Å². The van der Waals surface area contributed by atoms with Gasteiger partial charge in [-0.3, -0.25) is 9.59 Å². The van der Waals surface area contributed by atoms with E-state index in [-0.39, 0.29) is 17.9 Å². The number of benzene rings is 1. The Balaban J connectivity index is 1.68. The average Bonchev–Trinajstić information content (AvgIpc) is 3.06. The lowest BCUT2D eigenvalue weighted by Gasteiger charge is -2.24. The lowest BCUT2D eigenvalue weighted by molar-refractivity contribution is -0.140. The van der Waals surface area contributed by atoms with Crippen LogP contribution in [0.1, 0.15) is 40.7 Å². The van der Waals surface area contributed by atoms with Crippen LogP contribution in [0.15, 0.2) is 12.1 Å². The molecule has 0 aliphatic carbocycles. The van der Waals surface area contributed by atoms with E-state index in [1.807, 2.05) is 35.8 Å². The SMILES string of the molecule is COc1cc(C)c(C(=O)N2CCCN(C(=O)C3CCCO3)CC2)cc1C. The van der Waals surface area contributed by atoms with Gasteiger partial charge in [-0.1, -0.05) is 0 Å². The second-order valence-electron chi connectivity index (χ2n) is 7.11. The molecule has 2 aliphatic rings. The number of aryl methyl sites for hydroxylation is 2. The first-order valence-corrected chi connectivity index (χ1v) is 9.36. The van der Waals surface area contributed by atoms with Crippen molar-refractivity contribution < 1.29 is 19.1 Å². The van der Waals surface area contributed by atoms with Gasteiger partial charge in [-0.05, 0) is 56.4 Å². The molecule has 6 heteroatoms. The Morgan fingerprint density at radius 2 is 1.77 bits per heavy atom. The number of amides is 2. The smallest absolute Gasteiger partial charge is 0.254 e. The molecule has 0 saturated carbocycles. The van der Waals surface area contributed by atoms with Crippen LogP contribution in [0.25, 0.3) is 0 Å². The molecule has 2 saturated heterocycles. The summed E-state index contributed by atoms with van der Waals surface area (Å²) in [5, 5.41) is 0. The molecule has 6 nitrogen and oxygen atoms in total. The van der Waals surface area contributed by atoms with E-state index in [0.717, 1.165) is 36.1 Å². The Morgan fingerprint density at radius 3 is 2.46 bits per heavy atom. The molecule has 0 bridgehead atoms. The van der Waals surface area contributed by atoms with E-state index in [0.29, 0.717) is 38.3 Å². The van der Waals surface area contributed by atoms with Gasteiger partial charge in [-0.2, -0.15) is 0 Å². The van der Waals surface area contributed by atoms with E-state index in [2.05, 4.69) is 0 Å². The largest absolute Gasteiger partial charge is 0.496 e. The van der Waals surface area contributed by atoms with Crippen molar-refractivity contribution in [1.29, 1.82) is 0 Å². The predicted octanol–water partition coefficient (Wildman–Crippen LogP) is 2.17. The Labute approximate surface area is 155 Å². The van der Waals surface area contributed by atoms with E-state index >= 15 is 0 Å². The van der Waals surface area contributed by atoms with Crippen molar-refractivity contribution in [2.45, 2.75) is 39.2 Å². The molecule has 0 radical (unpaired) electrons. The molecule has 26 heavy (non-hydrogen) atoms. The fraction of sp³-hybridized carbons (Fsp3) is 0.600. The predicted molar refractivity (Wildman–Crippen MR) is 98.5 cm³/mol. The Kier molecular flexibility index (Phi) is 5.81.